The fourth-order valence-corrected chi connectivity index (χ4v) is 4.03. The zero-order chi connectivity index (χ0) is 14.7. The van der Waals surface area contributed by atoms with E-state index in [4.69, 9.17) is 0 Å². The molecule has 2 aromatic carbocycles. The number of fused-ring (bicyclic) bond motifs is 1. The molecule has 0 aliphatic carbocycles. The molecule has 1 aromatic heterocycles. The third-order valence-electron chi connectivity index (χ3n) is 3.12. The highest BCUT2D eigenvalue weighted by molar-refractivity contribution is 8.01. The maximum atomic E-state index is 4.66. The van der Waals surface area contributed by atoms with Crippen LogP contribution in [0.4, 0.5) is 0 Å². The molecule has 0 spiro atoms. The van der Waals surface area contributed by atoms with Gasteiger partial charge in [-0.25, -0.2) is 4.98 Å². The van der Waals surface area contributed by atoms with Crippen LogP contribution in [0.25, 0.3) is 10.2 Å². The van der Waals surface area contributed by atoms with Crippen molar-refractivity contribution in [3.63, 3.8) is 0 Å². The third kappa shape index (κ3) is 3.84. The molecule has 0 saturated heterocycles. The van der Waals surface area contributed by atoms with E-state index in [9.17, 15) is 0 Å². The summed E-state index contributed by atoms with van der Waals surface area (Å²) in [5, 5.41) is 3.43. The number of nitrogens with one attached hydrogen (secondary N) is 1. The summed E-state index contributed by atoms with van der Waals surface area (Å²) in [5.41, 5.74) is 2.40. The van der Waals surface area contributed by atoms with Crippen LogP contribution >= 0.6 is 23.1 Å². The molecule has 0 aliphatic rings. The SMILES string of the molecule is CC(C)NCc1ccc(Sc2nc3ccccc3s2)cc1. The molecule has 3 aromatic rings. The number of benzene rings is 2. The van der Waals surface area contributed by atoms with Crippen molar-refractivity contribution in [2.45, 2.75) is 35.7 Å². The van der Waals surface area contributed by atoms with Crippen LogP contribution in [0.1, 0.15) is 19.4 Å². The molecule has 0 bridgehead atoms. The number of hydrogen-bond acceptors (Lipinski definition) is 4. The van der Waals surface area contributed by atoms with Gasteiger partial charge in [0.25, 0.3) is 0 Å². The van der Waals surface area contributed by atoms with Gasteiger partial charge in [0, 0.05) is 17.5 Å². The van der Waals surface area contributed by atoms with Gasteiger partial charge < -0.3 is 5.32 Å². The normalized spacial score (nSPS) is 11.4. The molecular formula is C17H18N2S2. The largest absolute Gasteiger partial charge is 0.310 e. The topological polar surface area (TPSA) is 24.9 Å². The Hall–Kier alpha value is -1.36. The Balaban J connectivity index is 1.69. The van der Waals surface area contributed by atoms with Gasteiger partial charge in [0.15, 0.2) is 4.34 Å². The number of rotatable bonds is 5. The predicted molar refractivity (Wildman–Crippen MR) is 92.2 cm³/mol. The highest BCUT2D eigenvalue weighted by atomic mass is 32.2. The lowest BCUT2D eigenvalue weighted by atomic mass is 10.2. The highest BCUT2D eigenvalue weighted by Gasteiger charge is 2.05. The lowest BCUT2D eigenvalue weighted by Gasteiger charge is -2.08. The molecule has 0 fully saturated rings. The van der Waals surface area contributed by atoms with Gasteiger partial charge in [0.05, 0.1) is 10.2 Å². The van der Waals surface area contributed by atoms with Crippen molar-refractivity contribution in [1.29, 1.82) is 0 Å². The summed E-state index contributed by atoms with van der Waals surface area (Å²) in [7, 11) is 0. The van der Waals surface area contributed by atoms with E-state index in [1.54, 1.807) is 23.1 Å². The van der Waals surface area contributed by atoms with E-state index in [2.05, 4.69) is 66.6 Å². The molecule has 1 N–H and O–H groups in total. The first-order valence-corrected chi connectivity index (χ1v) is 8.70. The van der Waals surface area contributed by atoms with E-state index in [-0.39, 0.29) is 0 Å². The van der Waals surface area contributed by atoms with Crippen LogP contribution in [0, 0.1) is 0 Å². The molecule has 0 atom stereocenters. The first kappa shape index (κ1) is 14.6. The maximum absolute atomic E-state index is 4.66. The minimum atomic E-state index is 0.516. The van der Waals surface area contributed by atoms with Crippen molar-refractivity contribution in [3.8, 4) is 0 Å². The third-order valence-corrected chi connectivity index (χ3v) is 5.22. The van der Waals surface area contributed by atoms with Crippen LogP contribution < -0.4 is 5.32 Å². The van der Waals surface area contributed by atoms with Gasteiger partial charge in [0.2, 0.25) is 0 Å². The van der Waals surface area contributed by atoms with Crippen LogP contribution in [0.15, 0.2) is 57.8 Å². The summed E-state index contributed by atoms with van der Waals surface area (Å²) in [5.74, 6) is 0. The standard InChI is InChI=1S/C17H18N2S2/c1-12(2)18-11-13-7-9-14(10-8-13)20-17-19-15-5-3-4-6-16(15)21-17/h3-10,12,18H,11H2,1-2H3. The minimum absolute atomic E-state index is 0.516. The quantitative estimate of drug-likeness (QED) is 0.721. The van der Waals surface area contributed by atoms with Gasteiger partial charge in [-0.15, -0.1) is 11.3 Å². The smallest absolute Gasteiger partial charge is 0.155 e. The summed E-state index contributed by atoms with van der Waals surface area (Å²) in [4.78, 5) is 5.90. The van der Waals surface area contributed by atoms with Gasteiger partial charge in [-0.05, 0) is 29.8 Å². The van der Waals surface area contributed by atoms with Gasteiger partial charge in [-0.3, -0.25) is 0 Å². The minimum Gasteiger partial charge on any atom is -0.310 e. The number of para-hydroxylation sites is 1. The molecule has 3 rings (SSSR count). The van der Waals surface area contributed by atoms with Crippen LogP contribution in [0.5, 0.6) is 0 Å². The molecule has 108 valence electrons. The molecule has 1 heterocycles. The van der Waals surface area contributed by atoms with Gasteiger partial charge in [-0.2, -0.15) is 0 Å². The second-order valence-corrected chi connectivity index (χ2v) is 7.58. The summed E-state index contributed by atoms with van der Waals surface area (Å²) in [6, 6.07) is 17.5. The summed E-state index contributed by atoms with van der Waals surface area (Å²) >= 11 is 3.48. The average molecular weight is 314 g/mol. The molecule has 0 saturated carbocycles. The van der Waals surface area contributed by atoms with Crippen molar-refractivity contribution in [2.24, 2.45) is 0 Å². The van der Waals surface area contributed by atoms with Crippen LogP contribution in [-0.2, 0) is 6.54 Å². The van der Waals surface area contributed by atoms with E-state index in [0.29, 0.717) is 6.04 Å². The molecule has 21 heavy (non-hydrogen) atoms. The summed E-state index contributed by atoms with van der Waals surface area (Å²) in [6.07, 6.45) is 0. The second kappa shape index (κ2) is 6.60. The van der Waals surface area contributed by atoms with Gasteiger partial charge >= 0.3 is 0 Å². The monoisotopic (exact) mass is 314 g/mol. The Morgan fingerprint density at radius 3 is 2.57 bits per heavy atom. The predicted octanol–water partition coefficient (Wildman–Crippen LogP) is 4.95. The van der Waals surface area contributed by atoms with Gasteiger partial charge in [0.1, 0.15) is 0 Å². The Labute approximate surface area is 133 Å². The summed E-state index contributed by atoms with van der Waals surface area (Å²) < 4.78 is 2.35. The van der Waals surface area contributed by atoms with E-state index in [0.717, 1.165) is 16.4 Å². The fraction of sp³-hybridized carbons (Fsp3) is 0.235. The van der Waals surface area contributed by atoms with E-state index in [1.165, 1.54) is 15.2 Å². The van der Waals surface area contributed by atoms with Crippen molar-refractivity contribution in [2.75, 3.05) is 0 Å². The Morgan fingerprint density at radius 2 is 1.86 bits per heavy atom. The van der Waals surface area contributed by atoms with E-state index < -0.39 is 0 Å². The van der Waals surface area contributed by atoms with Crippen molar-refractivity contribution in [3.05, 3.63) is 54.1 Å². The molecule has 2 nitrogen and oxygen atoms in total. The second-order valence-electron chi connectivity index (χ2n) is 5.23. The van der Waals surface area contributed by atoms with Gasteiger partial charge in [-0.1, -0.05) is 49.9 Å². The number of aromatic nitrogens is 1. The highest BCUT2D eigenvalue weighted by Crippen LogP contribution is 2.34. The average Bonchev–Trinajstić information content (AvgIpc) is 2.88. The summed E-state index contributed by atoms with van der Waals surface area (Å²) in [6.45, 7) is 5.25. The molecule has 0 radical (unpaired) electrons. The zero-order valence-corrected chi connectivity index (χ0v) is 13.8. The van der Waals surface area contributed by atoms with E-state index in [1.807, 2.05) is 6.07 Å². The zero-order valence-electron chi connectivity index (χ0n) is 12.2. The number of nitrogens with zero attached hydrogens (tertiary/aromatic N) is 1. The molecule has 4 heteroatoms. The molecule has 0 amide bonds. The Morgan fingerprint density at radius 1 is 1.10 bits per heavy atom. The molecular weight excluding hydrogens is 296 g/mol. The lowest BCUT2D eigenvalue weighted by molar-refractivity contribution is 0.588. The fourth-order valence-electron chi connectivity index (χ4n) is 1.99. The molecule has 0 aliphatic heterocycles. The van der Waals surface area contributed by atoms with Crippen LogP contribution in [0.2, 0.25) is 0 Å². The molecule has 0 unspecified atom stereocenters. The van der Waals surface area contributed by atoms with Crippen molar-refractivity contribution < 1.29 is 0 Å². The lowest BCUT2D eigenvalue weighted by Crippen LogP contribution is -2.21. The van der Waals surface area contributed by atoms with Crippen LogP contribution in [0.3, 0.4) is 0 Å². The first-order valence-electron chi connectivity index (χ1n) is 7.06. The van der Waals surface area contributed by atoms with Crippen LogP contribution in [-0.4, -0.2) is 11.0 Å². The Bertz CT molecular complexity index is 684. The van der Waals surface area contributed by atoms with E-state index >= 15 is 0 Å². The number of thiazole rings is 1. The maximum Gasteiger partial charge on any atom is 0.155 e. The van der Waals surface area contributed by atoms with Crippen molar-refractivity contribution >= 4 is 33.3 Å². The first-order chi connectivity index (χ1) is 10.2. The van der Waals surface area contributed by atoms with Crippen molar-refractivity contribution in [1.82, 2.24) is 10.3 Å². The number of hydrogen-bond donors (Lipinski definition) is 1. The Kier molecular flexibility index (Phi) is 4.58.